The van der Waals surface area contributed by atoms with Gasteiger partial charge in [0.15, 0.2) is 0 Å². The molecule has 0 spiro atoms. The molecule has 2 aliphatic heterocycles. The van der Waals surface area contributed by atoms with Crippen molar-refractivity contribution < 1.29 is 18.1 Å². The van der Waals surface area contributed by atoms with E-state index in [1.807, 2.05) is 12.1 Å². The normalized spacial score (nSPS) is 21.5. The Hall–Kier alpha value is -0.820. The number of quaternary nitrogens is 1. The fraction of sp³-hybridized carbons (Fsp3) is 0.429. The highest BCUT2D eigenvalue weighted by atomic mass is 32.2. The number of hydrogen-bond acceptors (Lipinski definition) is 4. The van der Waals surface area contributed by atoms with Gasteiger partial charge in [-0.15, -0.1) is 11.8 Å². The van der Waals surface area contributed by atoms with Crippen LogP contribution in [-0.2, 0) is 14.6 Å². The molecular weight excluding hydrogens is 294 g/mol. The minimum atomic E-state index is -3.22. The Morgan fingerprint density at radius 3 is 2.75 bits per heavy atom. The van der Waals surface area contributed by atoms with Crippen LogP contribution < -0.4 is 4.90 Å². The Morgan fingerprint density at radius 1 is 1.20 bits per heavy atom. The maximum Gasteiger partial charge on any atom is 0.201 e. The summed E-state index contributed by atoms with van der Waals surface area (Å²) in [6, 6.07) is 7.24. The van der Waals surface area contributed by atoms with E-state index < -0.39 is 9.84 Å². The van der Waals surface area contributed by atoms with Gasteiger partial charge in [0.25, 0.3) is 0 Å². The Kier molecular flexibility index (Phi) is 4.16. The topological polar surface area (TPSA) is 47.8 Å². The summed E-state index contributed by atoms with van der Waals surface area (Å²) in [6.45, 7) is 4.82. The first-order valence-electron chi connectivity index (χ1n) is 6.77. The second kappa shape index (κ2) is 5.89. The molecule has 2 heterocycles. The monoisotopic (exact) mass is 312 g/mol. The van der Waals surface area contributed by atoms with Crippen LogP contribution in [0, 0.1) is 0 Å². The van der Waals surface area contributed by atoms with Crippen LogP contribution in [0.25, 0.3) is 4.91 Å². The van der Waals surface area contributed by atoms with E-state index >= 15 is 0 Å². The standard InChI is InChI=1S/C14H17NO3S2/c16-20(17)11-13(12-3-1-2-4-14(12)20)19-10-7-15-5-8-18-9-6-15/h1-4,11H,5-10H2/p+1. The molecule has 0 bridgehead atoms. The zero-order valence-corrected chi connectivity index (χ0v) is 12.8. The lowest BCUT2D eigenvalue weighted by Crippen LogP contribution is -3.14. The van der Waals surface area contributed by atoms with Gasteiger partial charge in [-0.05, 0) is 6.07 Å². The number of sulfone groups is 1. The van der Waals surface area contributed by atoms with Crippen molar-refractivity contribution in [2.45, 2.75) is 4.90 Å². The van der Waals surface area contributed by atoms with Crippen LogP contribution in [-0.4, -0.2) is 47.0 Å². The van der Waals surface area contributed by atoms with Gasteiger partial charge in [-0.3, -0.25) is 0 Å². The molecule has 0 atom stereocenters. The molecule has 4 nitrogen and oxygen atoms in total. The molecule has 1 saturated heterocycles. The van der Waals surface area contributed by atoms with E-state index in [1.165, 1.54) is 5.41 Å². The van der Waals surface area contributed by atoms with E-state index in [-0.39, 0.29) is 0 Å². The van der Waals surface area contributed by atoms with Gasteiger partial charge in [-0.25, -0.2) is 8.42 Å². The Labute approximate surface area is 123 Å². The predicted octanol–water partition coefficient (Wildman–Crippen LogP) is 0.421. The molecule has 6 heteroatoms. The van der Waals surface area contributed by atoms with Crippen LogP contribution in [0.5, 0.6) is 0 Å². The van der Waals surface area contributed by atoms with Gasteiger partial charge in [0.05, 0.1) is 24.7 Å². The van der Waals surface area contributed by atoms with E-state index in [4.69, 9.17) is 4.74 Å². The highest BCUT2D eigenvalue weighted by molar-refractivity contribution is 8.10. The quantitative estimate of drug-likeness (QED) is 0.875. The Balaban J connectivity index is 1.64. The lowest BCUT2D eigenvalue weighted by atomic mass is 10.2. The van der Waals surface area contributed by atoms with Crippen molar-refractivity contribution >= 4 is 26.5 Å². The molecule has 1 aromatic rings. The fourth-order valence-electron chi connectivity index (χ4n) is 2.51. The van der Waals surface area contributed by atoms with Gasteiger partial charge in [-0.2, -0.15) is 0 Å². The molecule has 108 valence electrons. The molecule has 1 fully saturated rings. The number of morpholine rings is 1. The average molecular weight is 312 g/mol. The zero-order valence-electron chi connectivity index (χ0n) is 11.2. The number of ether oxygens (including phenoxy) is 1. The van der Waals surface area contributed by atoms with Crippen LogP contribution >= 0.6 is 11.8 Å². The smallest absolute Gasteiger partial charge is 0.201 e. The number of benzene rings is 1. The van der Waals surface area contributed by atoms with Crippen molar-refractivity contribution in [1.82, 2.24) is 0 Å². The van der Waals surface area contributed by atoms with E-state index in [0.29, 0.717) is 4.90 Å². The summed E-state index contributed by atoms with van der Waals surface area (Å²) in [5.41, 5.74) is 0.856. The number of nitrogens with one attached hydrogen (secondary N) is 1. The first kappa shape index (κ1) is 14.1. The van der Waals surface area contributed by atoms with E-state index in [2.05, 4.69) is 0 Å². The molecule has 20 heavy (non-hydrogen) atoms. The van der Waals surface area contributed by atoms with E-state index in [0.717, 1.165) is 49.1 Å². The third-order valence-corrected chi connectivity index (χ3v) is 6.36. The molecule has 0 aliphatic carbocycles. The number of hydrogen-bond donors (Lipinski definition) is 1. The molecule has 2 aliphatic rings. The van der Waals surface area contributed by atoms with Crippen molar-refractivity contribution in [1.29, 1.82) is 0 Å². The lowest BCUT2D eigenvalue weighted by Gasteiger charge is -2.23. The van der Waals surface area contributed by atoms with Gasteiger partial charge in [0, 0.05) is 21.6 Å². The molecule has 1 N–H and O–H groups in total. The molecule has 0 saturated carbocycles. The van der Waals surface area contributed by atoms with Crippen molar-refractivity contribution in [3.63, 3.8) is 0 Å². The number of thioether (sulfide) groups is 1. The number of rotatable bonds is 4. The van der Waals surface area contributed by atoms with Gasteiger partial charge >= 0.3 is 0 Å². The van der Waals surface area contributed by atoms with E-state index in [1.54, 1.807) is 28.8 Å². The SMILES string of the molecule is O=S1(=O)C=C(SCC[NH+]2CCOCC2)c2ccccc21. The summed E-state index contributed by atoms with van der Waals surface area (Å²) in [4.78, 5) is 2.87. The second-order valence-corrected chi connectivity index (χ2v) is 7.89. The molecule has 0 unspecified atom stereocenters. The van der Waals surface area contributed by atoms with Gasteiger partial charge in [0.1, 0.15) is 13.1 Å². The molecule has 0 radical (unpaired) electrons. The average Bonchev–Trinajstić information content (AvgIpc) is 2.72. The van der Waals surface area contributed by atoms with E-state index in [9.17, 15) is 8.42 Å². The van der Waals surface area contributed by atoms with Crippen LogP contribution in [0.2, 0.25) is 0 Å². The van der Waals surface area contributed by atoms with Gasteiger partial charge < -0.3 is 9.64 Å². The van der Waals surface area contributed by atoms with Gasteiger partial charge in [-0.1, -0.05) is 18.2 Å². The van der Waals surface area contributed by atoms with Crippen molar-refractivity contribution in [3.05, 3.63) is 35.2 Å². The first-order valence-corrected chi connectivity index (χ1v) is 9.30. The maximum absolute atomic E-state index is 12.0. The summed E-state index contributed by atoms with van der Waals surface area (Å²) >= 11 is 1.64. The summed E-state index contributed by atoms with van der Waals surface area (Å²) < 4.78 is 29.4. The van der Waals surface area contributed by atoms with Crippen LogP contribution in [0.3, 0.4) is 0 Å². The molecular formula is C14H18NO3S2+. The van der Waals surface area contributed by atoms with Crippen LogP contribution in [0.1, 0.15) is 5.56 Å². The first-order chi connectivity index (χ1) is 9.67. The molecule has 3 rings (SSSR count). The molecule has 0 aromatic heterocycles. The third kappa shape index (κ3) is 2.93. The highest BCUT2D eigenvalue weighted by Crippen LogP contribution is 2.39. The summed E-state index contributed by atoms with van der Waals surface area (Å²) in [5.74, 6) is 0.936. The largest absolute Gasteiger partial charge is 0.370 e. The predicted molar refractivity (Wildman–Crippen MR) is 80.4 cm³/mol. The fourth-order valence-corrected chi connectivity index (χ4v) is 5.46. The summed E-state index contributed by atoms with van der Waals surface area (Å²) in [5, 5.41) is 1.41. The Bertz CT molecular complexity index is 619. The minimum Gasteiger partial charge on any atom is -0.370 e. The minimum absolute atomic E-state index is 0.446. The number of fused-ring (bicyclic) bond motifs is 1. The zero-order chi connectivity index (χ0) is 14.0. The highest BCUT2D eigenvalue weighted by Gasteiger charge is 2.26. The van der Waals surface area contributed by atoms with Crippen LogP contribution in [0.15, 0.2) is 34.6 Å². The van der Waals surface area contributed by atoms with Crippen LogP contribution in [0.4, 0.5) is 0 Å². The van der Waals surface area contributed by atoms with Gasteiger partial charge in [0.2, 0.25) is 9.84 Å². The summed E-state index contributed by atoms with van der Waals surface area (Å²) in [7, 11) is -3.22. The molecule has 1 aromatic carbocycles. The summed E-state index contributed by atoms with van der Waals surface area (Å²) in [6.07, 6.45) is 0. The van der Waals surface area contributed by atoms with Crippen molar-refractivity contribution in [2.24, 2.45) is 0 Å². The maximum atomic E-state index is 12.0. The van der Waals surface area contributed by atoms with Crippen molar-refractivity contribution in [3.8, 4) is 0 Å². The molecule has 0 amide bonds. The Morgan fingerprint density at radius 2 is 1.95 bits per heavy atom. The lowest BCUT2D eigenvalue weighted by molar-refractivity contribution is -0.905. The second-order valence-electron chi connectivity index (χ2n) is 4.98. The third-order valence-electron chi connectivity index (χ3n) is 3.63. The van der Waals surface area contributed by atoms with Crippen molar-refractivity contribution in [2.75, 3.05) is 38.6 Å².